The van der Waals surface area contributed by atoms with Crippen molar-refractivity contribution in [1.29, 1.82) is 0 Å². The van der Waals surface area contributed by atoms with Crippen LogP contribution < -0.4 is 5.32 Å². The van der Waals surface area contributed by atoms with E-state index in [1.54, 1.807) is 0 Å². The number of nitrogens with zero attached hydrogens (tertiary/aromatic N) is 2. The van der Waals surface area contributed by atoms with Gasteiger partial charge in [0.25, 0.3) is 5.91 Å². The first-order chi connectivity index (χ1) is 14.0. The predicted octanol–water partition coefficient (Wildman–Crippen LogP) is 4.12. The monoisotopic (exact) mass is 476 g/mol. The normalized spacial score (nSPS) is 15.1. The number of nitrogens with one attached hydrogen (secondary N) is 2. The summed E-state index contributed by atoms with van der Waals surface area (Å²) in [4.78, 5) is 24.7. The Labute approximate surface area is 182 Å². The third-order valence-electron chi connectivity index (χ3n) is 5.39. The highest BCUT2D eigenvalue weighted by Gasteiger charge is 2.15. The lowest BCUT2D eigenvalue weighted by molar-refractivity contribution is 0.0374. The van der Waals surface area contributed by atoms with E-state index >= 15 is 0 Å². The molecule has 3 heterocycles. The Bertz CT molecular complexity index is 1020. The number of fused-ring (bicyclic) bond motifs is 1. The van der Waals surface area contributed by atoms with Gasteiger partial charge < -0.3 is 15.0 Å². The van der Waals surface area contributed by atoms with Crippen molar-refractivity contribution in [3.8, 4) is 10.7 Å². The molecule has 0 saturated carbocycles. The van der Waals surface area contributed by atoms with Crippen LogP contribution in [0.3, 0.4) is 0 Å². The summed E-state index contributed by atoms with van der Waals surface area (Å²) >= 11 is 5.06. The summed E-state index contributed by atoms with van der Waals surface area (Å²) in [5.74, 6) is 0.783. The van der Waals surface area contributed by atoms with Crippen molar-refractivity contribution in [3.63, 3.8) is 0 Å². The molecule has 154 valence electrons. The summed E-state index contributed by atoms with van der Waals surface area (Å²) in [6.07, 6.45) is 0.945. The Morgan fingerprint density at radius 1 is 1.31 bits per heavy atom. The Balaban J connectivity index is 1.38. The Morgan fingerprint density at radius 3 is 2.90 bits per heavy atom. The molecule has 6 nitrogen and oxygen atoms in total. The highest BCUT2D eigenvalue weighted by atomic mass is 79.9. The van der Waals surface area contributed by atoms with Gasteiger partial charge in [-0.05, 0) is 56.1 Å². The van der Waals surface area contributed by atoms with E-state index in [0.29, 0.717) is 11.4 Å². The van der Waals surface area contributed by atoms with Crippen molar-refractivity contribution in [2.24, 2.45) is 0 Å². The highest BCUT2D eigenvalue weighted by Crippen LogP contribution is 2.32. The first-order valence-corrected chi connectivity index (χ1v) is 11.5. The Morgan fingerprint density at radius 2 is 2.10 bits per heavy atom. The Kier molecular flexibility index (Phi) is 6.34. The lowest BCUT2D eigenvalue weighted by atomic mass is 10.1. The minimum absolute atomic E-state index is 0.0193. The van der Waals surface area contributed by atoms with E-state index in [-0.39, 0.29) is 5.91 Å². The number of thiophene rings is 1. The molecule has 0 spiro atoms. The fourth-order valence-electron chi connectivity index (χ4n) is 3.49. The van der Waals surface area contributed by atoms with E-state index in [1.165, 1.54) is 22.5 Å². The van der Waals surface area contributed by atoms with Gasteiger partial charge in [0.2, 0.25) is 0 Å². The molecule has 1 aliphatic heterocycles. The van der Waals surface area contributed by atoms with Crippen LogP contribution in [0.5, 0.6) is 0 Å². The number of benzene rings is 1. The first-order valence-electron chi connectivity index (χ1n) is 9.87. The van der Waals surface area contributed by atoms with Gasteiger partial charge in [-0.15, -0.1) is 11.3 Å². The third kappa shape index (κ3) is 4.55. The number of hydrogen-bond acceptors (Lipinski definition) is 5. The summed E-state index contributed by atoms with van der Waals surface area (Å²) in [5.41, 5.74) is 4.36. The molecule has 1 amide bonds. The minimum Gasteiger partial charge on any atom is -0.379 e. The van der Waals surface area contributed by atoms with Gasteiger partial charge in [-0.2, -0.15) is 0 Å². The molecule has 2 N–H and O–H groups in total. The molecular weight excluding hydrogens is 452 g/mol. The van der Waals surface area contributed by atoms with Crippen LogP contribution in [0.25, 0.3) is 21.7 Å². The first kappa shape index (κ1) is 20.5. The minimum atomic E-state index is -0.0193. The number of carbonyl (C=O) groups is 1. The molecule has 1 fully saturated rings. The molecule has 1 aromatic carbocycles. The second-order valence-electron chi connectivity index (χ2n) is 7.32. The zero-order chi connectivity index (χ0) is 20.4. The Hall–Kier alpha value is -1.74. The van der Waals surface area contributed by atoms with Gasteiger partial charge in [-0.1, -0.05) is 15.9 Å². The van der Waals surface area contributed by atoms with Crippen molar-refractivity contribution >= 4 is 44.2 Å². The molecule has 3 aromatic rings. The average Bonchev–Trinajstić information content (AvgIpc) is 3.37. The van der Waals surface area contributed by atoms with Crippen LogP contribution in [0.4, 0.5) is 0 Å². The number of carbonyl (C=O) groups excluding carboxylic acids is 1. The van der Waals surface area contributed by atoms with Crippen LogP contribution in [-0.4, -0.2) is 60.2 Å². The van der Waals surface area contributed by atoms with Crippen LogP contribution >= 0.6 is 27.3 Å². The van der Waals surface area contributed by atoms with Crippen molar-refractivity contribution in [2.45, 2.75) is 20.3 Å². The molecule has 1 aliphatic rings. The van der Waals surface area contributed by atoms with E-state index in [4.69, 9.17) is 9.72 Å². The van der Waals surface area contributed by atoms with Crippen LogP contribution in [0.1, 0.15) is 27.2 Å². The van der Waals surface area contributed by atoms with Gasteiger partial charge >= 0.3 is 0 Å². The molecule has 0 aliphatic carbocycles. The molecule has 0 atom stereocenters. The number of amides is 1. The quantitative estimate of drug-likeness (QED) is 0.524. The van der Waals surface area contributed by atoms with Crippen molar-refractivity contribution < 1.29 is 9.53 Å². The molecule has 2 aromatic heterocycles. The van der Waals surface area contributed by atoms with Crippen LogP contribution in [-0.2, 0) is 4.74 Å². The number of morpholine rings is 1. The van der Waals surface area contributed by atoms with Gasteiger partial charge in [-0.3, -0.25) is 9.69 Å². The SMILES string of the molecule is Cc1c(Br)cc2nc(-c3ccc(C(=O)NCCCN4CCOCC4)s3)[nH]c2c1C. The molecule has 0 unspecified atom stereocenters. The van der Waals surface area contributed by atoms with Crippen molar-refractivity contribution in [3.05, 3.63) is 38.7 Å². The third-order valence-corrected chi connectivity index (χ3v) is 7.31. The standard InChI is InChI=1S/C21H25BrN4O2S/c1-13-14(2)19-16(12-15(13)22)24-20(25-19)17-4-5-18(29-17)21(27)23-6-3-7-26-8-10-28-11-9-26/h4-5,12H,3,6-11H2,1-2H3,(H,23,27)(H,24,25). The molecule has 0 bridgehead atoms. The van der Waals surface area contributed by atoms with E-state index in [0.717, 1.165) is 65.5 Å². The summed E-state index contributed by atoms with van der Waals surface area (Å²) in [7, 11) is 0. The summed E-state index contributed by atoms with van der Waals surface area (Å²) in [5, 5.41) is 3.03. The van der Waals surface area contributed by atoms with Gasteiger partial charge in [-0.25, -0.2) is 4.98 Å². The zero-order valence-corrected chi connectivity index (χ0v) is 19.1. The topological polar surface area (TPSA) is 70.2 Å². The fourth-order valence-corrected chi connectivity index (χ4v) is 4.87. The summed E-state index contributed by atoms with van der Waals surface area (Å²) < 4.78 is 6.42. The maximum absolute atomic E-state index is 12.5. The van der Waals surface area contributed by atoms with Crippen LogP contribution in [0.2, 0.25) is 0 Å². The number of aryl methyl sites for hydroxylation is 1. The number of hydrogen-bond donors (Lipinski definition) is 2. The lowest BCUT2D eigenvalue weighted by Gasteiger charge is -2.26. The molecular formula is C21H25BrN4O2S. The molecule has 29 heavy (non-hydrogen) atoms. The van der Waals surface area contributed by atoms with E-state index < -0.39 is 0 Å². The molecule has 4 rings (SSSR count). The van der Waals surface area contributed by atoms with Gasteiger partial charge in [0.15, 0.2) is 0 Å². The number of aromatic nitrogens is 2. The number of H-pyrrole nitrogens is 1. The maximum atomic E-state index is 12.5. The number of rotatable bonds is 6. The highest BCUT2D eigenvalue weighted by molar-refractivity contribution is 9.10. The largest absolute Gasteiger partial charge is 0.379 e. The smallest absolute Gasteiger partial charge is 0.261 e. The second-order valence-corrected chi connectivity index (χ2v) is 9.25. The number of imidazole rings is 1. The van der Waals surface area contributed by atoms with Crippen molar-refractivity contribution in [2.75, 3.05) is 39.4 Å². The van der Waals surface area contributed by atoms with Crippen molar-refractivity contribution in [1.82, 2.24) is 20.2 Å². The van der Waals surface area contributed by atoms with Crippen LogP contribution in [0.15, 0.2) is 22.7 Å². The van der Waals surface area contributed by atoms with Gasteiger partial charge in [0.05, 0.1) is 34.0 Å². The maximum Gasteiger partial charge on any atom is 0.261 e. The summed E-state index contributed by atoms with van der Waals surface area (Å²) in [6.45, 7) is 9.43. The molecule has 1 saturated heterocycles. The number of halogens is 1. The predicted molar refractivity (Wildman–Crippen MR) is 121 cm³/mol. The average molecular weight is 477 g/mol. The van der Waals surface area contributed by atoms with E-state index in [1.807, 2.05) is 18.2 Å². The van der Waals surface area contributed by atoms with E-state index in [2.05, 4.69) is 45.0 Å². The molecule has 8 heteroatoms. The van der Waals surface area contributed by atoms with E-state index in [9.17, 15) is 4.79 Å². The van der Waals surface area contributed by atoms with Crippen LogP contribution in [0, 0.1) is 13.8 Å². The summed E-state index contributed by atoms with van der Waals surface area (Å²) in [6, 6.07) is 5.87. The number of ether oxygens (including phenoxy) is 1. The second kappa shape index (κ2) is 8.95. The zero-order valence-electron chi connectivity index (χ0n) is 16.7. The fraction of sp³-hybridized carbons (Fsp3) is 0.429. The van der Waals surface area contributed by atoms with Gasteiger partial charge in [0.1, 0.15) is 5.82 Å². The number of aromatic amines is 1. The lowest BCUT2D eigenvalue weighted by Crippen LogP contribution is -2.38. The van der Waals surface area contributed by atoms with Gasteiger partial charge in [0, 0.05) is 24.1 Å². The molecule has 0 radical (unpaired) electrons.